The number of carbonyl (C=O) groups excluding carboxylic acids is 1. The summed E-state index contributed by atoms with van der Waals surface area (Å²) in [5, 5.41) is 18.9. The molecule has 0 unspecified atom stereocenters. The van der Waals surface area contributed by atoms with Gasteiger partial charge in [-0.2, -0.15) is 0 Å². The third-order valence-electron chi connectivity index (χ3n) is 4.66. The van der Waals surface area contributed by atoms with Crippen molar-refractivity contribution in [2.45, 2.75) is 6.42 Å². The van der Waals surface area contributed by atoms with Gasteiger partial charge in [0.15, 0.2) is 5.78 Å². The van der Waals surface area contributed by atoms with Gasteiger partial charge < -0.3 is 10.2 Å². The predicted molar refractivity (Wildman–Crippen MR) is 107 cm³/mol. The van der Waals surface area contributed by atoms with Crippen LogP contribution in [0.4, 0.5) is 0 Å². The summed E-state index contributed by atoms with van der Waals surface area (Å²) < 4.78 is 0. The number of ketones is 1. The molecular formula is C24H18O3. The van der Waals surface area contributed by atoms with Crippen LogP contribution in [0.1, 0.15) is 22.3 Å². The first kappa shape index (κ1) is 16.9. The average molecular weight is 354 g/mol. The van der Waals surface area contributed by atoms with Gasteiger partial charge in [0.05, 0.1) is 0 Å². The Bertz CT molecular complexity index is 1060. The summed E-state index contributed by atoms with van der Waals surface area (Å²) in [7, 11) is 0. The number of aromatic hydroxyl groups is 2. The quantitative estimate of drug-likeness (QED) is 0.647. The number of Topliss-reactive ketones (excluding diaryl/α,β-unsaturated/α-hetero) is 1. The summed E-state index contributed by atoms with van der Waals surface area (Å²) in [6, 6.07) is 21.5. The maximum absolute atomic E-state index is 13.2. The van der Waals surface area contributed by atoms with E-state index in [1.165, 1.54) is 0 Å². The maximum Gasteiger partial charge on any atom is 0.189 e. The fourth-order valence-corrected chi connectivity index (χ4v) is 3.29. The van der Waals surface area contributed by atoms with Crippen molar-refractivity contribution >= 4 is 23.5 Å². The van der Waals surface area contributed by atoms with Crippen LogP contribution in [0.15, 0.2) is 78.4 Å². The monoisotopic (exact) mass is 354 g/mol. The van der Waals surface area contributed by atoms with E-state index in [9.17, 15) is 15.0 Å². The molecule has 0 heterocycles. The molecule has 0 spiro atoms. The number of benzene rings is 3. The van der Waals surface area contributed by atoms with Gasteiger partial charge in [-0.3, -0.25) is 4.79 Å². The molecule has 27 heavy (non-hydrogen) atoms. The second kappa shape index (κ2) is 6.96. The summed E-state index contributed by atoms with van der Waals surface area (Å²) in [5.74, 6) is 0.390. The normalized spacial score (nSPS) is 16.5. The van der Waals surface area contributed by atoms with Gasteiger partial charge in [-0.05, 0) is 58.7 Å². The minimum absolute atomic E-state index is 0.00477. The van der Waals surface area contributed by atoms with Gasteiger partial charge in [0, 0.05) is 17.6 Å². The first-order chi connectivity index (χ1) is 13.1. The molecule has 0 fully saturated rings. The van der Waals surface area contributed by atoms with E-state index in [4.69, 9.17) is 0 Å². The molecule has 1 aliphatic rings. The van der Waals surface area contributed by atoms with E-state index in [1.54, 1.807) is 48.5 Å². The van der Waals surface area contributed by atoms with Crippen LogP contribution in [0, 0.1) is 0 Å². The van der Waals surface area contributed by atoms with Crippen molar-refractivity contribution in [1.29, 1.82) is 0 Å². The fraction of sp³-hybridized carbons (Fsp3) is 0.0417. The number of phenolic OH excluding ortho intramolecular Hbond substituents is 2. The van der Waals surface area contributed by atoms with Crippen LogP contribution < -0.4 is 0 Å². The lowest BCUT2D eigenvalue weighted by Crippen LogP contribution is -2.15. The van der Waals surface area contributed by atoms with E-state index < -0.39 is 0 Å². The fourth-order valence-electron chi connectivity index (χ4n) is 3.29. The van der Waals surface area contributed by atoms with Crippen LogP contribution in [0.3, 0.4) is 0 Å². The van der Waals surface area contributed by atoms with Gasteiger partial charge in [-0.25, -0.2) is 0 Å². The van der Waals surface area contributed by atoms with Gasteiger partial charge in [0.1, 0.15) is 11.5 Å². The molecule has 0 saturated heterocycles. The summed E-state index contributed by atoms with van der Waals surface area (Å²) in [5.41, 5.74) is 5.14. The van der Waals surface area contributed by atoms with Crippen molar-refractivity contribution in [3.05, 3.63) is 101 Å². The lowest BCUT2D eigenvalue weighted by atomic mass is 9.81. The molecule has 1 aliphatic carbocycles. The van der Waals surface area contributed by atoms with Crippen molar-refractivity contribution in [1.82, 2.24) is 0 Å². The summed E-state index contributed by atoms with van der Waals surface area (Å²) in [6.45, 7) is 0. The third kappa shape index (κ3) is 3.53. The van der Waals surface area contributed by atoms with Crippen LogP contribution in [0.5, 0.6) is 11.5 Å². The van der Waals surface area contributed by atoms with Crippen LogP contribution >= 0.6 is 0 Å². The summed E-state index contributed by atoms with van der Waals surface area (Å²) in [6.07, 6.45) is 4.32. The molecule has 2 N–H and O–H groups in total. The smallest absolute Gasteiger partial charge is 0.189 e. The minimum atomic E-state index is -0.00477. The van der Waals surface area contributed by atoms with E-state index in [-0.39, 0.29) is 17.3 Å². The highest BCUT2D eigenvalue weighted by molar-refractivity contribution is 6.35. The SMILES string of the molecule is O=C1/C(=C/c2ccc(O)cc2)Cc2ccccc2/C1=C\c1ccc(O)cc1. The summed E-state index contributed by atoms with van der Waals surface area (Å²) in [4.78, 5) is 13.2. The van der Waals surface area contributed by atoms with Gasteiger partial charge in [0.25, 0.3) is 0 Å². The number of fused-ring (bicyclic) bond motifs is 1. The summed E-state index contributed by atoms with van der Waals surface area (Å²) >= 11 is 0. The predicted octanol–water partition coefficient (Wildman–Crippen LogP) is 4.85. The number of phenols is 2. The van der Waals surface area contributed by atoms with Crippen molar-refractivity contribution in [2.75, 3.05) is 0 Å². The highest BCUT2D eigenvalue weighted by Gasteiger charge is 2.25. The number of hydrogen-bond donors (Lipinski definition) is 2. The number of allylic oxidation sites excluding steroid dienone is 2. The maximum atomic E-state index is 13.2. The molecular weight excluding hydrogens is 336 g/mol. The molecule has 0 aromatic heterocycles. The van der Waals surface area contributed by atoms with Crippen molar-refractivity contribution in [3.8, 4) is 11.5 Å². The zero-order chi connectivity index (χ0) is 18.8. The van der Waals surface area contributed by atoms with E-state index in [1.807, 2.05) is 36.4 Å². The van der Waals surface area contributed by atoms with Crippen molar-refractivity contribution < 1.29 is 15.0 Å². The lowest BCUT2D eigenvalue weighted by molar-refractivity contribution is -0.110. The molecule has 3 aromatic rings. The third-order valence-corrected chi connectivity index (χ3v) is 4.66. The minimum Gasteiger partial charge on any atom is -0.508 e. The van der Waals surface area contributed by atoms with Crippen LogP contribution in [0.2, 0.25) is 0 Å². The number of hydrogen-bond acceptors (Lipinski definition) is 3. The molecule has 4 rings (SSSR count). The zero-order valence-corrected chi connectivity index (χ0v) is 14.6. The lowest BCUT2D eigenvalue weighted by Gasteiger charge is -2.21. The Morgan fingerprint density at radius 3 is 1.89 bits per heavy atom. The zero-order valence-electron chi connectivity index (χ0n) is 14.6. The van der Waals surface area contributed by atoms with Gasteiger partial charge >= 0.3 is 0 Å². The number of rotatable bonds is 2. The average Bonchev–Trinajstić information content (AvgIpc) is 2.68. The molecule has 0 atom stereocenters. The molecule has 132 valence electrons. The number of carbonyl (C=O) groups is 1. The Morgan fingerprint density at radius 1 is 0.704 bits per heavy atom. The molecule has 0 bridgehead atoms. The van der Waals surface area contributed by atoms with E-state index >= 15 is 0 Å². The topological polar surface area (TPSA) is 57.5 Å². The first-order valence-corrected chi connectivity index (χ1v) is 8.73. The highest BCUT2D eigenvalue weighted by atomic mass is 16.3. The Kier molecular flexibility index (Phi) is 4.35. The Labute approximate surface area is 157 Å². The van der Waals surface area contributed by atoms with Crippen LogP contribution in [-0.2, 0) is 11.2 Å². The Hall–Kier alpha value is -3.59. The van der Waals surface area contributed by atoms with Crippen LogP contribution in [-0.4, -0.2) is 16.0 Å². The first-order valence-electron chi connectivity index (χ1n) is 8.73. The van der Waals surface area contributed by atoms with E-state index in [0.717, 1.165) is 22.3 Å². The van der Waals surface area contributed by atoms with Crippen LogP contribution in [0.25, 0.3) is 17.7 Å². The van der Waals surface area contributed by atoms with E-state index in [0.29, 0.717) is 17.6 Å². The molecule has 0 saturated carbocycles. The van der Waals surface area contributed by atoms with Crippen molar-refractivity contribution in [3.63, 3.8) is 0 Å². The Balaban J connectivity index is 1.81. The van der Waals surface area contributed by atoms with Gasteiger partial charge in [0.2, 0.25) is 0 Å². The molecule has 3 heteroatoms. The molecule has 0 amide bonds. The van der Waals surface area contributed by atoms with Gasteiger partial charge in [-0.1, -0.05) is 48.5 Å². The largest absolute Gasteiger partial charge is 0.508 e. The van der Waals surface area contributed by atoms with Gasteiger partial charge in [-0.15, -0.1) is 0 Å². The second-order valence-electron chi connectivity index (χ2n) is 6.57. The Morgan fingerprint density at radius 2 is 1.26 bits per heavy atom. The highest BCUT2D eigenvalue weighted by Crippen LogP contribution is 2.33. The second-order valence-corrected chi connectivity index (χ2v) is 6.57. The molecule has 0 aliphatic heterocycles. The molecule has 3 nitrogen and oxygen atoms in total. The van der Waals surface area contributed by atoms with Crippen molar-refractivity contribution in [2.24, 2.45) is 0 Å². The molecule has 0 radical (unpaired) electrons. The van der Waals surface area contributed by atoms with E-state index in [2.05, 4.69) is 0 Å². The standard InChI is InChI=1S/C24H18O3/c25-20-9-5-16(6-10-20)13-19-15-18-3-1-2-4-22(18)23(24(19)27)14-17-7-11-21(26)12-8-17/h1-14,25-26H,15H2/b19-13+,23-14+. The molecule has 3 aromatic carbocycles.